The van der Waals surface area contributed by atoms with Gasteiger partial charge < -0.3 is 14.5 Å². The number of esters is 1. The summed E-state index contributed by atoms with van der Waals surface area (Å²) in [5.74, 6) is -0.0337. The molecule has 1 aliphatic heterocycles. The maximum atomic E-state index is 12.7. The van der Waals surface area contributed by atoms with Gasteiger partial charge in [0, 0.05) is 38.8 Å². The summed E-state index contributed by atoms with van der Waals surface area (Å²) in [6.45, 7) is 6.32. The zero-order valence-corrected chi connectivity index (χ0v) is 19.3. The predicted molar refractivity (Wildman–Crippen MR) is 121 cm³/mol. The average molecular weight is 460 g/mol. The van der Waals surface area contributed by atoms with Crippen LogP contribution >= 0.6 is 0 Å². The van der Waals surface area contributed by atoms with Crippen LogP contribution in [-0.4, -0.2) is 68.7 Å². The van der Waals surface area contributed by atoms with Gasteiger partial charge in [-0.1, -0.05) is 17.7 Å². The molecule has 1 saturated heterocycles. The number of carbonyl (C=O) groups excluding carboxylic acids is 2. The molecule has 1 aliphatic rings. The van der Waals surface area contributed by atoms with E-state index in [0.717, 1.165) is 24.3 Å². The van der Waals surface area contributed by atoms with E-state index in [-0.39, 0.29) is 23.0 Å². The Morgan fingerprint density at radius 2 is 1.78 bits per heavy atom. The van der Waals surface area contributed by atoms with Gasteiger partial charge in [0.05, 0.1) is 22.8 Å². The van der Waals surface area contributed by atoms with Crippen molar-refractivity contribution in [3.8, 4) is 0 Å². The number of hydrogen-bond donors (Lipinski definition) is 0. The lowest BCUT2D eigenvalue weighted by Gasteiger charge is -2.23. The largest absolute Gasteiger partial charge is 0.462 e. The van der Waals surface area contributed by atoms with Crippen LogP contribution in [0, 0.1) is 6.92 Å². The third-order valence-electron chi connectivity index (χ3n) is 5.40. The highest BCUT2D eigenvalue weighted by Gasteiger charge is 2.23. The van der Waals surface area contributed by atoms with Crippen LogP contribution in [-0.2, 0) is 19.4 Å². The monoisotopic (exact) mass is 459 g/mol. The van der Waals surface area contributed by atoms with E-state index in [9.17, 15) is 18.0 Å². The standard InChI is InChI=1S/C23H29N3O5S/c1-3-31-23(28)19-7-10-21(24-17-19)25-12-4-13-26(15-14-25)22(27)11-16-32(29,30)20-8-5-18(2)6-9-20/h5-10,17H,3-4,11-16H2,1-2H3. The van der Waals surface area contributed by atoms with Crippen molar-refractivity contribution in [1.29, 1.82) is 0 Å². The summed E-state index contributed by atoms with van der Waals surface area (Å²) in [5.41, 5.74) is 1.39. The summed E-state index contributed by atoms with van der Waals surface area (Å²) in [6.07, 6.45) is 2.21. The quantitative estimate of drug-likeness (QED) is 0.587. The lowest BCUT2D eigenvalue weighted by Crippen LogP contribution is -2.36. The highest BCUT2D eigenvalue weighted by atomic mass is 32.2. The van der Waals surface area contributed by atoms with E-state index in [1.165, 1.54) is 6.20 Å². The number of aryl methyl sites for hydroxylation is 1. The Hall–Kier alpha value is -2.94. The maximum absolute atomic E-state index is 12.7. The summed E-state index contributed by atoms with van der Waals surface area (Å²) in [6, 6.07) is 10.1. The van der Waals surface area contributed by atoms with Gasteiger partial charge in [-0.15, -0.1) is 0 Å². The number of rotatable bonds is 7. The second-order valence-corrected chi connectivity index (χ2v) is 9.84. The minimum Gasteiger partial charge on any atom is -0.462 e. The van der Waals surface area contributed by atoms with Crippen molar-refractivity contribution >= 4 is 27.5 Å². The molecule has 0 radical (unpaired) electrons. The van der Waals surface area contributed by atoms with E-state index in [0.29, 0.717) is 31.8 Å². The summed E-state index contributed by atoms with van der Waals surface area (Å²) in [7, 11) is -3.49. The van der Waals surface area contributed by atoms with Crippen molar-refractivity contribution in [2.75, 3.05) is 43.4 Å². The summed E-state index contributed by atoms with van der Waals surface area (Å²) >= 11 is 0. The molecule has 0 bridgehead atoms. The topological polar surface area (TPSA) is 96.9 Å². The fraction of sp³-hybridized carbons (Fsp3) is 0.435. The molecule has 0 N–H and O–H groups in total. The van der Waals surface area contributed by atoms with Gasteiger partial charge in [0.25, 0.3) is 0 Å². The SMILES string of the molecule is CCOC(=O)c1ccc(N2CCCN(C(=O)CCS(=O)(=O)c3ccc(C)cc3)CC2)nc1. The van der Waals surface area contributed by atoms with Gasteiger partial charge in [0.1, 0.15) is 5.82 Å². The molecule has 1 aromatic heterocycles. The number of aromatic nitrogens is 1. The molecule has 32 heavy (non-hydrogen) atoms. The molecule has 1 amide bonds. The molecular formula is C23H29N3O5S. The zero-order chi connectivity index (χ0) is 23.1. The Morgan fingerprint density at radius 3 is 2.44 bits per heavy atom. The Morgan fingerprint density at radius 1 is 1.03 bits per heavy atom. The van der Waals surface area contributed by atoms with Crippen LogP contribution in [0.25, 0.3) is 0 Å². The summed E-state index contributed by atoms with van der Waals surface area (Å²) < 4.78 is 30.0. The normalized spacial score (nSPS) is 14.7. The highest BCUT2D eigenvalue weighted by molar-refractivity contribution is 7.91. The second kappa shape index (κ2) is 10.6. The maximum Gasteiger partial charge on any atom is 0.339 e. The van der Waals surface area contributed by atoms with Crippen LogP contribution in [0.2, 0.25) is 0 Å². The fourth-order valence-corrected chi connectivity index (χ4v) is 4.78. The lowest BCUT2D eigenvalue weighted by molar-refractivity contribution is -0.130. The molecule has 0 unspecified atom stereocenters. The Bertz CT molecular complexity index is 1040. The molecule has 2 heterocycles. The molecule has 0 aliphatic carbocycles. The number of anilines is 1. The molecule has 0 saturated carbocycles. The van der Waals surface area contributed by atoms with Crippen LogP contribution in [0.4, 0.5) is 5.82 Å². The molecule has 2 aromatic rings. The van der Waals surface area contributed by atoms with Crippen molar-refractivity contribution in [1.82, 2.24) is 9.88 Å². The third kappa shape index (κ3) is 6.06. The minimum absolute atomic E-state index is 0.0390. The van der Waals surface area contributed by atoms with E-state index in [4.69, 9.17) is 4.74 Å². The van der Waals surface area contributed by atoms with Crippen LogP contribution < -0.4 is 4.90 Å². The first-order chi connectivity index (χ1) is 15.3. The Labute approximate surface area is 189 Å². The molecule has 0 spiro atoms. The van der Waals surface area contributed by atoms with Crippen molar-refractivity contribution in [3.63, 3.8) is 0 Å². The van der Waals surface area contributed by atoms with Crippen molar-refractivity contribution in [2.24, 2.45) is 0 Å². The summed E-state index contributed by atoms with van der Waals surface area (Å²) in [5, 5.41) is 0. The van der Waals surface area contributed by atoms with E-state index >= 15 is 0 Å². The molecule has 3 rings (SSSR count). The first-order valence-corrected chi connectivity index (χ1v) is 12.4. The van der Waals surface area contributed by atoms with Crippen molar-refractivity contribution in [2.45, 2.75) is 31.6 Å². The minimum atomic E-state index is -3.49. The number of pyridine rings is 1. The first-order valence-electron chi connectivity index (χ1n) is 10.8. The number of amides is 1. The number of ether oxygens (including phenoxy) is 1. The molecular weight excluding hydrogens is 430 g/mol. The first kappa shape index (κ1) is 23.7. The van der Waals surface area contributed by atoms with Crippen LogP contribution in [0.5, 0.6) is 0 Å². The van der Waals surface area contributed by atoms with Crippen molar-refractivity contribution in [3.05, 3.63) is 53.7 Å². The van der Waals surface area contributed by atoms with Crippen LogP contribution in [0.1, 0.15) is 35.7 Å². The summed E-state index contributed by atoms with van der Waals surface area (Å²) in [4.78, 5) is 32.9. The number of benzene rings is 1. The molecule has 172 valence electrons. The van der Waals surface area contributed by atoms with Gasteiger partial charge in [-0.25, -0.2) is 18.2 Å². The molecule has 1 aromatic carbocycles. The van der Waals surface area contributed by atoms with E-state index in [1.54, 1.807) is 48.2 Å². The molecule has 8 nitrogen and oxygen atoms in total. The number of nitrogens with zero attached hydrogens (tertiary/aromatic N) is 3. The third-order valence-corrected chi connectivity index (χ3v) is 7.13. The van der Waals surface area contributed by atoms with Crippen LogP contribution in [0.3, 0.4) is 0 Å². The number of hydrogen-bond acceptors (Lipinski definition) is 7. The number of carbonyl (C=O) groups is 2. The smallest absolute Gasteiger partial charge is 0.339 e. The van der Waals surface area contributed by atoms with Gasteiger partial charge >= 0.3 is 5.97 Å². The highest BCUT2D eigenvalue weighted by Crippen LogP contribution is 2.17. The van der Waals surface area contributed by atoms with E-state index < -0.39 is 15.8 Å². The van der Waals surface area contributed by atoms with Crippen molar-refractivity contribution < 1.29 is 22.7 Å². The zero-order valence-electron chi connectivity index (χ0n) is 18.5. The van der Waals surface area contributed by atoms with Gasteiger partial charge in [0.2, 0.25) is 5.91 Å². The lowest BCUT2D eigenvalue weighted by atomic mass is 10.2. The fourth-order valence-electron chi connectivity index (χ4n) is 3.55. The second-order valence-electron chi connectivity index (χ2n) is 7.73. The van der Waals surface area contributed by atoms with Gasteiger partial charge in [-0.2, -0.15) is 0 Å². The van der Waals surface area contributed by atoms with Gasteiger partial charge in [-0.3, -0.25) is 4.79 Å². The molecule has 1 fully saturated rings. The molecule has 0 atom stereocenters. The Balaban J connectivity index is 1.55. The Kier molecular flexibility index (Phi) is 7.84. The van der Waals surface area contributed by atoms with E-state index in [2.05, 4.69) is 9.88 Å². The van der Waals surface area contributed by atoms with Crippen LogP contribution in [0.15, 0.2) is 47.5 Å². The predicted octanol–water partition coefficient (Wildman–Crippen LogP) is 2.47. The average Bonchev–Trinajstić information content (AvgIpc) is 3.04. The number of sulfone groups is 1. The molecule has 9 heteroatoms. The van der Waals surface area contributed by atoms with Gasteiger partial charge in [0.15, 0.2) is 9.84 Å². The van der Waals surface area contributed by atoms with Gasteiger partial charge in [-0.05, 0) is 44.5 Å². The van der Waals surface area contributed by atoms with E-state index in [1.807, 2.05) is 6.92 Å².